The van der Waals surface area contributed by atoms with Gasteiger partial charge in [0.2, 0.25) is 5.91 Å². The first-order chi connectivity index (χ1) is 12.7. The van der Waals surface area contributed by atoms with Crippen LogP contribution in [-0.4, -0.2) is 48.0 Å². The molecule has 1 aromatic carbocycles. The normalized spacial score (nSPS) is 14.9. The maximum atomic E-state index is 12.5. The van der Waals surface area contributed by atoms with Gasteiger partial charge in [0.15, 0.2) is 0 Å². The molecule has 0 radical (unpaired) electrons. The van der Waals surface area contributed by atoms with E-state index in [1.807, 2.05) is 36.2 Å². The van der Waals surface area contributed by atoms with Crippen molar-refractivity contribution in [2.75, 3.05) is 32.1 Å². The molecule has 1 fully saturated rings. The number of nitrogens with zero attached hydrogens (tertiary/aromatic N) is 4. The minimum atomic E-state index is 0.219. The first-order valence-electron chi connectivity index (χ1n) is 9.05. The van der Waals surface area contributed by atoms with Gasteiger partial charge in [-0.25, -0.2) is 4.98 Å². The molecule has 138 valence electrons. The Hall–Kier alpha value is -2.63. The van der Waals surface area contributed by atoms with E-state index in [4.69, 9.17) is 4.74 Å². The molecule has 1 aromatic heterocycles. The van der Waals surface area contributed by atoms with E-state index in [2.05, 4.69) is 27.0 Å². The second-order valence-electron chi connectivity index (χ2n) is 6.77. The van der Waals surface area contributed by atoms with Crippen LogP contribution < -0.4 is 9.64 Å². The molecule has 0 spiro atoms. The molecule has 6 nitrogen and oxygen atoms in total. The highest BCUT2D eigenvalue weighted by Crippen LogP contribution is 2.25. The SMILES string of the molecule is COc1nccc(N2CCC(CC(=O)N(C)Cc3ccccc3)CC2)n1. The molecule has 0 unspecified atom stereocenters. The third-order valence-electron chi connectivity index (χ3n) is 4.89. The number of aromatic nitrogens is 2. The molecule has 0 aliphatic carbocycles. The molecule has 0 saturated carbocycles. The second kappa shape index (κ2) is 8.65. The first kappa shape index (κ1) is 18.2. The van der Waals surface area contributed by atoms with Gasteiger partial charge in [0, 0.05) is 39.3 Å². The quantitative estimate of drug-likeness (QED) is 0.798. The van der Waals surface area contributed by atoms with Gasteiger partial charge in [-0.3, -0.25) is 4.79 Å². The van der Waals surface area contributed by atoms with Crippen LogP contribution in [0, 0.1) is 5.92 Å². The molecule has 26 heavy (non-hydrogen) atoms. The number of rotatable bonds is 6. The molecule has 0 N–H and O–H groups in total. The number of anilines is 1. The fraction of sp³-hybridized carbons (Fsp3) is 0.450. The number of hydrogen-bond donors (Lipinski definition) is 0. The topological polar surface area (TPSA) is 58.6 Å². The van der Waals surface area contributed by atoms with Crippen molar-refractivity contribution in [3.63, 3.8) is 0 Å². The Bertz CT molecular complexity index is 715. The lowest BCUT2D eigenvalue weighted by molar-refractivity contribution is -0.131. The number of piperidine rings is 1. The maximum Gasteiger partial charge on any atom is 0.318 e. The number of amides is 1. The molecule has 2 heterocycles. The summed E-state index contributed by atoms with van der Waals surface area (Å²) in [4.78, 5) is 25.0. The molecule has 1 aliphatic rings. The zero-order chi connectivity index (χ0) is 18.4. The van der Waals surface area contributed by atoms with E-state index in [-0.39, 0.29) is 5.91 Å². The molecule has 0 bridgehead atoms. The lowest BCUT2D eigenvalue weighted by Crippen LogP contribution is -2.36. The Morgan fingerprint density at radius 2 is 1.96 bits per heavy atom. The Morgan fingerprint density at radius 1 is 1.23 bits per heavy atom. The van der Waals surface area contributed by atoms with Crippen LogP contribution >= 0.6 is 0 Å². The number of ether oxygens (including phenoxy) is 1. The number of benzene rings is 1. The van der Waals surface area contributed by atoms with Crippen LogP contribution in [0.25, 0.3) is 0 Å². The molecule has 3 rings (SSSR count). The highest BCUT2D eigenvalue weighted by atomic mass is 16.5. The van der Waals surface area contributed by atoms with E-state index in [0.717, 1.165) is 37.3 Å². The fourth-order valence-corrected chi connectivity index (χ4v) is 3.32. The lowest BCUT2D eigenvalue weighted by Gasteiger charge is -2.33. The molecular formula is C20H26N4O2. The summed E-state index contributed by atoms with van der Waals surface area (Å²) in [7, 11) is 3.46. The first-order valence-corrected chi connectivity index (χ1v) is 9.05. The van der Waals surface area contributed by atoms with Gasteiger partial charge < -0.3 is 14.5 Å². The predicted molar refractivity (Wildman–Crippen MR) is 101 cm³/mol. The van der Waals surface area contributed by atoms with Crippen LogP contribution in [-0.2, 0) is 11.3 Å². The van der Waals surface area contributed by atoms with E-state index in [1.54, 1.807) is 13.3 Å². The monoisotopic (exact) mass is 354 g/mol. The van der Waals surface area contributed by atoms with Crippen molar-refractivity contribution < 1.29 is 9.53 Å². The maximum absolute atomic E-state index is 12.5. The summed E-state index contributed by atoms with van der Waals surface area (Å²) in [5.74, 6) is 1.54. The van der Waals surface area contributed by atoms with Crippen LogP contribution in [0.1, 0.15) is 24.8 Å². The van der Waals surface area contributed by atoms with Crippen LogP contribution in [0.4, 0.5) is 5.82 Å². The van der Waals surface area contributed by atoms with Gasteiger partial charge in [-0.2, -0.15) is 4.98 Å². The lowest BCUT2D eigenvalue weighted by atomic mass is 9.93. The zero-order valence-corrected chi connectivity index (χ0v) is 15.5. The summed E-state index contributed by atoms with van der Waals surface area (Å²) in [5.41, 5.74) is 1.16. The minimum Gasteiger partial charge on any atom is -0.467 e. The van der Waals surface area contributed by atoms with Gasteiger partial charge in [0.25, 0.3) is 0 Å². The minimum absolute atomic E-state index is 0.219. The average Bonchev–Trinajstić information content (AvgIpc) is 2.69. The number of hydrogen-bond acceptors (Lipinski definition) is 5. The van der Waals surface area contributed by atoms with E-state index in [9.17, 15) is 4.79 Å². The Balaban J connectivity index is 1.48. The predicted octanol–water partition coefficient (Wildman–Crippen LogP) is 2.75. The fourth-order valence-electron chi connectivity index (χ4n) is 3.32. The average molecular weight is 354 g/mol. The van der Waals surface area contributed by atoms with Crippen molar-refractivity contribution >= 4 is 11.7 Å². The van der Waals surface area contributed by atoms with Crippen LogP contribution in [0.5, 0.6) is 6.01 Å². The summed E-state index contributed by atoms with van der Waals surface area (Å²) < 4.78 is 5.10. The van der Waals surface area contributed by atoms with Crippen molar-refractivity contribution in [2.45, 2.75) is 25.8 Å². The highest BCUT2D eigenvalue weighted by molar-refractivity contribution is 5.76. The van der Waals surface area contributed by atoms with Crippen molar-refractivity contribution in [3.8, 4) is 6.01 Å². The highest BCUT2D eigenvalue weighted by Gasteiger charge is 2.24. The summed E-state index contributed by atoms with van der Waals surface area (Å²) in [5, 5.41) is 0. The third kappa shape index (κ3) is 4.71. The van der Waals surface area contributed by atoms with Crippen LogP contribution in [0.3, 0.4) is 0 Å². The second-order valence-corrected chi connectivity index (χ2v) is 6.77. The van der Waals surface area contributed by atoms with E-state index < -0.39 is 0 Å². The molecule has 1 aliphatic heterocycles. The third-order valence-corrected chi connectivity index (χ3v) is 4.89. The molecule has 1 saturated heterocycles. The van der Waals surface area contributed by atoms with Crippen LogP contribution in [0.2, 0.25) is 0 Å². The Morgan fingerprint density at radius 3 is 2.65 bits per heavy atom. The smallest absolute Gasteiger partial charge is 0.318 e. The number of carbonyl (C=O) groups is 1. The van der Waals surface area contributed by atoms with Gasteiger partial charge in [-0.15, -0.1) is 0 Å². The Kier molecular flexibility index (Phi) is 6.04. The summed E-state index contributed by atoms with van der Waals surface area (Å²) in [6.07, 6.45) is 4.33. The zero-order valence-electron chi connectivity index (χ0n) is 15.5. The summed E-state index contributed by atoms with van der Waals surface area (Å²) in [6.45, 7) is 2.47. The van der Waals surface area contributed by atoms with E-state index in [0.29, 0.717) is 24.9 Å². The van der Waals surface area contributed by atoms with Gasteiger partial charge in [0.1, 0.15) is 5.82 Å². The number of methoxy groups -OCH3 is 1. The Labute approximate surface area is 154 Å². The molecule has 0 atom stereocenters. The largest absolute Gasteiger partial charge is 0.467 e. The molecule has 6 heteroatoms. The van der Waals surface area contributed by atoms with Gasteiger partial charge in [0.05, 0.1) is 7.11 Å². The van der Waals surface area contributed by atoms with Crippen molar-refractivity contribution in [1.82, 2.24) is 14.9 Å². The van der Waals surface area contributed by atoms with Gasteiger partial charge in [-0.05, 0) is 30.4 Å². The molecular weight excluding hydrogens is 328 g/mol. The standard InChI is InChI=1S/C20H26N4O2/c1-23(15-17-6-4-3-5-7-17)19(25)14-16-9-12-24(13-10-16)18-8-11-21-20(22-18)26-2/h3-8,11,16H,9-10,12-15H2,1-2H3. The molecule has 1 amide bonds. The van der Waals surface area contributed by atoms with Crippen LogP contribution in [0.15, 0.2) is 42.6 Å². The molecule has 2 aromatic rings. The van der Waals surface area contributed by atoms with E-state index in [1.165, 1.54) is 0 Å². The summed E-state index contributed by atoms with van der Waals surface area (Å²) in [6, 6.07) is 12.4. The van der Waals surface area contributed by atoms with Gasteiger partial charge >= 0.3 is 6.01 Å². The van der Waals surface area contributed by atoms with Gasteiger partial charge in [-0.1, -0.05) is 30.3 Å². The van der Waals surface area contributed by atoms with Crippen molar-refractivity contribution in [1.29, 1.82) is 0 Å². The van der Waals surface area contributed by atoms with Crippen molar-refractivity contribution in [2.24, 2.45) is 5.92 Å². The van der Waals surface area contributed by atoms with Crippen molar-refractivity contribution in [3.05, 3.63) is 48.2 Å². The number of carbonyl (C=O) groups excluding carboxylic acids is 1. The van der Waals surface area contributed by atoms with E-state index >= 15 is 0 Å². The summed E-state index contributed by atoms with van der Waals surface area (Å²) >= 11 is 0.